The molecule has 106 valence electrons. The first-order chi connectivity index (χ1) is 9.60. The van der Waals surface area contributed by atoms with Crippen molar-refractivity contribution in [2.24, 2.45) is 0 Å². The van der Waals surface area contributed by atoms with E-state index in [2.05, 4.69) is 22.2 Å². The molecule has 0 spiro atoms. The minimum atomic E-state index is -0.291. The molecule has 0 atom stereocenters. The molecule has 1 aromatic heterocycles. The second-order valence-electron chi connectivity index (χ2n) is 4.44. The Balaban J connectivity index is 2.29. The lowest BCUT2D eigenvalue weighted by Crippen LogP contribution is -2.14. The predicted molar refractivity (Wildman–Crippen MR) is 79.7 cm³/mol. The Bertz CT molecular complexity index is 588. The van der Waals surface area contributed by atoms with Crippen molar-refractivity contribution in [1.29, 1.82) is 0 Å². The molecule has 0 aliphatic carbocycles. The fraction of sp³-hybridized carbons (Fsp3) is 0.286. The normalized spacial score (nSPS) is 10.3. The minimum Gasteiger partial charge on any atom is -0.370 e. The summed E-state index contributed by atoms with van der Waals surface area (Å²) >= 11 is 0. The van der Waals surface area contributed by atoms with Crippen LogP contribution in [0, 0.1) is 5.82 Å². The molecular formula is C14H18FN5. The van der Waals surface area contributed by atoms with Crippen molar-refractivity contribution < 1.29 is 4.39 Å². The molecule has 0 saturated heterocycles. The highest BCUT2D eigenvalue weighted by molar-refractivity contribution is 5.63. The van der Waals surface area contributed by atoms with Gasteiger partial charge in [-0.25, -0.2) is 4.39 Å². The summed E-state index contributed by atoms with van der Waals surface area (Å²) in [7, 11) is 1.81. The van der Waals surface area contributed by atoms with E-state index >= 15 is 0 Å². The van der Waals surface area contributed by atoms with Crippen LogP contribution in [0.25, 0.3) is 0 Å². The molecule has 5 nitrogen and oxygen atoms in total. The number of hydrogen-bond acceptors (Lipinski definition) is 5. The number of nitrogens with one attached hydrogen (secondary N) is 1. The third-order valence-electron chi connectivity index (χ3n) is 2.83. The second kappa shape index (κ2) is 6.18. The van der Waals surface area contributed by atoms with Crippen LogP contribution in [0.4, 0.5) is 27.7 Å². The maximum atomic E-state index is 13.3. The molecule has 2 rings (SSSR count). The summed E-state index contributed by atoms with van der Waals surface area (Å²) in [5.41, 5.74) is 6.41. The molecule has 1 aromatic carbocycles. The van der Waals surface area contributed by atoms with Gasteiger partial charge in [0.15, 0.2) is 0 Å². The molecule has 0 radical (unpaired) electrons. The molecule has 0 amide bonds. The van der Waals surface area contributed by atoms with Gasteiger partial charge in [-0.05, 0) is 24.6 Å². The first-order valence-electron chi connectivity index (χ1n) is 6.48. The van der Waals surface area contributed by atoms with Gasteiger partial charge < -0.3 is 16.0 Å². The summed E-state index contributed by atoms with van der Waals surface area (Å²) < 4.78 is 13.3. The van der Waals surface area contributed by atoms with E-state index in [-0.39, 0.29) is 11.8 Å². The van der Waals surface area contributed by atoms with Crippen molar-refractivity contribution in [3.8, 4) is 0 Å². The van der Waals surface area contributed by atoms with Crippen LogP contribution in [-0.4, -0.2) is 23.6 Å². The number of hydrogen-bond donors (Lipinski definition) is 2. The Morgan fingerprint density at radius 2 is 2.10 bits per heavy atom. The zero-order chi connectivity index (χ0) is 14.5. The summed E-state index contributed by atoms with van der Waals surface area (Å²) in [6.45, 7) is 2.87. The van der Waals surface area contributed by atoms with Crippen LogP contribution in [-0.2, 0) is 0 Å². The summed E-state index contributed by atoms with van der Waals surface area (Å²) in [5.74, 6) is 1.17. The van der Waals surface area contributed by atoms with Gasteiger partial charge in [0.05, 0.1) is 0 Å². The maximum Gasteiger partial charge on any atom is 0.223 e. The molecule has 0 bridgehead atoms. The van der Waals surface area contributed by atoms with Crippen molar-refractivity contribution in [2.45, 2.75) is 13.3 Å². The number of nitrogens with zero attached hydrogens (tertiary/aromatic N) is 3. The molecule has 6 heteroatoms. The van der Waals surface area contributed by atoms with Crippen LogP contribution in [0.5, 0.6) is 0 Å². The van der Waals surface area contributed by atoms with Gasteiger partial charge in [0, 0.05) is 25.3 Å². The molecule has 0 saturated carbocycles. The highest BCUT2D eigenvalue weighted by Gasteiger charge is 2.09. The third kappa shape index (κ3) is 3.34. The monoisotopic (exact) mass is 275 g/mol. The fourth-order valence-electron chi connectivity index (χ4n) is 1.79. The van der Waals surface area contributed by atoms with Gasteiger partial charge >= 0.3 is 0 Å². The lowest BCUT2D eigenvalue weighted by atomic mass is 10.3. The summed E-state index contributed by atoms with van der Waals surface area (Å²) in [6, 6.07) is 8.09. The zero-order valence-electron chi connectivity index (χ0n) is 11.6. The summed E-state index contributed by atoms with van der Waals surface area (Å²) in [6.07, 6.45) is 0.985. The Morgan fingerprint density at radius 3 is 2.80 bits per heavy atom. The van der Waals surface area contributed by atoms with Gasteiger partial charge in [0.2, 0.25) is 5.95 Å². The number of halogens is 1. The van der Waals surface area contributed by atoms with Crippen molar-refractivity contribution >= 4 is 23.3 Å². The molecular weight excluding hydrogens is 257 g/mol. The number of benzene rings is 1. The van der Waals surface area contributed by atoms with Gasteiger partial charge in [-0.1, -0.05) is 13.0 Å². The molecule has 0 fully saturated rings. The minimum absolute atomic E-state index is 0.185. The van der Waals surface area contributed by atoms with E-state index < -0.39 is 0 Å². The highest BCUT2D eigenvalue weighted by Crippen LogP contribution is 2.24. The number of rotatable bonds is 5. The average Bonchev–Trinajstić information content (AvgIpc) is 2.43. The zero-order valence-corrected chi connectivity index (χ0v) is 11.6. The van der Waals surface area contributed by atoms with Crippen molar-refractivity contribution in [3.05, 3.63) is 36.1 Å². The van der Waals surface area contributed by atoms with Crippen LogP contribution in [0.15, 0.2) is 30.3 Å². The Morgan fingerprint density at radius 1 is 1.30 bits per heavy atom. The van der Waals surface area contributed by atoms with Gasteiger partial charge in [-0.2, -0.15) is 9.97 Å². The third-order valence-corrected chi connectivity index (χ3v) is 2.83. The molecule has 0 unspecified atom stereocenters. The van der Waals surface area contributed by atoms with E-state index in [1.165, 1.54) is 12.1 Å². The number of anilines is 4. The van der Waals surface area contributed by atoms with Crippen molar-refractivity contribution in [1.82, 2.24) is 9.97 Å². The molecule has 20 heavy (non-hydrogen) atoms. The standard InChI is InChI=1S/C14H18FN5/c1-3-7-17-12-9-13(19-14(16)18-12)20(2)11-6-4-5-10(15)8-11/h4-6,8-9H,3,7H2,1-2H3,(H3,16,17,18,19). The van der Waals surface area contributed by atoms with Crippen LogP contribution in [0.1, 0.15) is 13.3 Å². The second-order valence-corrected chi connectivity index (χ2v) is 4.44. The quantitative estimate of drug-likeness (QED) is 0.878. The average molecular weight is 275 g/mol. The summed E-state index contributed by atoms with van der Waals surface area (Å²) in [4.78, 5) is 10.1. The molecule has 3 N–H and O–H groups in total. The van der Waals surface area contributed by atoms with Crippen molar-refractivity contribution in [2.75, 3.05) is 29.5 Å². The van der Waals surface area contributed by atoms with Crippen LogP contribution in [0.3, 0.4) is 0 Å². The Kier molecular flexibility index (Phi) is 4.34. The van der Waals surface area contributed by atoms with Crippen LogP contribution in [0.2, 0.25) is 0 Å². The smallest absolute Gasteiger partial charge is 0.223 e. The van der Waals surface area contributed by atoms with E-state index in [1.54, 1.807) is 30.1 Å². The van der Waals surface area contributed by atoms with E-state index in [0.29, 0.717) is 17.3 Å². The first kappa shape index (κ1) is 14.0. The molecule has 2 aromatic rings. The SMILES string of the molecule is CCCNc1cc(N(C)c2cccc(F)c2)nc(N)n1. The van der Waals surface area contributed by atoms with E-state index in [0.717, 1.165) is 13.0 Å². The van der Waals surface area contributed by atoms with Gasteiger partial charge in [0.25, 0.3) is 0 Å². The number of nitrogens with two attached hydrogens (primary N) is 1. The lowest BCUT2D eigenvalue weighted by Gasteiger charge is -2.19. The van der Waals surface area contributed by atoms with Gasteiger partial charge in [-0.15, -0.1) is 0 Å². The number of aromatic nitrogens is 2. The summed E-state index contributed by atoms with van der Waals surface area (Å²) in [5, 5.41) is 3.16. The molecule has 0 aliphatic rings. The Labute approximate surface area is 117 Å². The van der Waals surface area contributed by atoms with Crippen LogP contribution < -0.4 is 16.0 Å². The maximum absolute atomic E-state index is 13.3. The number of nitrogen functional groups attached to an aromatic ring is 1. The van der Waals surface area contributed by atoms with Crippen LogP contribution >= 0.6 is 0 Å². The lowest BCUT2D eigenvalue weighted by molar-refractivity contribution is 0.628. The van der Waals surface area contributed by atoms with E-state index in [1.807, 2.05) is 0 Å². The molecule has 1 heterocycles. The fourth-order valence-corrected chi connectivity index (χ4v) is 1.79. The van der Waals surface area contributed by atoms with Gasteiger partial charge in [0.1, 0.15) is 17.5 Å². The van der Waals surface area contributed by atoms with E-state index in [9.17, 15) is 4.39 Å². The Hall–Kier alpha value is -2.37. The van der Waals surface area contributed by atoms with Crippen molar-refractivity contribution in [3.63, 3.8) is 0 Å². The topological polar surface area (TPSA) is 67.1 Å². The molecule has 0 aliphatic heterocycles. The first-order valence-corrected chi connectivity index (χ1v) is 6.48. The predicted octanol–water partition coefficient (Wildman–Crippen LogP) is 2.79. The van der Waals surface area contributed by atoms with E-state index in [4.69, 9.17) is 5.73 Å². The van der Waals surface area contributed by atoms with Gasteiger partial charge in [-0.3, -0.25) is 0 Å². The largest absolute Gasteiger partial charge is 0.370 e. The highest BCUT2D eigenvalue weighted by atomic mass is 19.1.